The third-order valence-electron chi connectivity index (χ3n) is 7.26. The van der Waals surface area contributed by atoms with Crippen LogP contribution in [0.1, 0.15) is 49.7 Å². The van der Waals surface area contributed by atoms with E-state index in [1.807, 2.05) is 43.3 Å². The van der Waals surface area contributed by atoms with Crippen molar-refractivity contribution in [1.29, 1.82) is 0 Å². The Morgan fingerprint density at radius 2 is 1.87 bits per heavy atom. The maximum Gasteiger partial charge on any atom is 0.306 e. The fourth-order valence-electron chi connectivity index (χ4n) is 5.01. The van der Waals surface area contributed by atoms with Crippen molar-refractivity contribution >= 4 is 16.1 Å². The van der Waals surface area contributed by atoms with Crippen LogP contribution in [0.5, 0.6) is 5.75 Å². The fraction of sp³-hybridized carbons (Fsp3) is 0.519. The molecule has 0 aliphatic carbocycles. The zero-order valence-corrected chi connectivity index (χ0v) is 22.4. The van der Waals surface area contributed by atoms with E-state index in [-0.39, 0.29) is 18.9 Å². The first-order chi connectivity index (χ1) is 18.0. The molecule has 2 aliphatic rings. The normalized spacial score (nSPS) is 22.3. The summed E-state index contributed by atoms with van der Waals surface area (Å²) in [5.41, 5.74) is 3.89. The summed E-state index contributed by atoms with van der Waals surface area (Å²) >= 11 is 0. The van der Waals surface area contributed by atoms with Crippen LogP contribution < -0.4 is 9.46 Å². The van der Waals surface area contributed by atoms with Gasteiger partial charge in [0.25, 0.3) is 0 Å². The topological polar surface area (TPSA) is 146 Å². The summed E-state index contributed by atoms with van der Waals surface area (Å²) in [7, 11) is -4.16. The number of nitrogens with zero attached hydrogens (tertiary/aromatic N) is 1. The summed E-state index contributed by atoms with van der Waals surface area (Å²) < 4.78 is 39.6. The Hall–Kier alpha value is -2.54. The molecule has 0 aromatic heterocycles. The van der Waals surface area contributed by atoms with Gasteiger partial charge in [0.05, 0.1) is 0 Å². The quantitative estimate of drug-likeness (QED) is 0.367. The molecule has 2 aliphatic heterocycles. The molecule has 2 aromatic carbocycles. The zero-order valence-electron chi connectivity index (χ0n) is 21.6. The van der Waals surface area contributed by atoms with Crippen LogP contribution in [-0.4, -0.2) is 72.3 Å². The van der Waals surface area contributed by atoms with Crippen LogP contribution in [0.15, 0.2) is 42.5 Å². The Kier molecular flexibility index (Phi) is 9.07. The van der Waals surface area contributed by atoms with Gasteiger partial charge < -0.3 is 24.8 Å². The molecule has 1 amide bonds. The van der Waals surface area contributed by atoms with Gasteiger partial charge in [-0.05, 0) is 79.8 Å². The van der Waals surface area contributed by atoms with Gasteiger partial charge in [0.1, 0.15) is 18.1 Å². The number of ether oxygens (including phenoxy) is 2. The first kappa shape index (κ1) is 28.5. The molecule has 3 atom stereocenters. The number of rotatable bonds is 8. The molecule has 10 nitrogen and oxygen atoms in total. The second kappa shape index (κ2) is 12.1. The minimum absolute atomic E-state index is 0.0445. The van der Waals surface area contributed by atoms with Gasteiger partial charge in [-0.3, -0.25) is 4.79 Å². The van der Waals surface area contributed by atoms with Gasteiger partial charge in [-0.2, -0.15) is 12.7 Å². The van der Waals surface area contributed by atoms with E-state index in [9.17, 15) is 28.5 Å². The standard InChI is InChI=1S/C27H36N2O8S/c1-17-14-20(6-7-24(17)22-4-3-5-23(15-22)37-18(2)27(32)33)21-8-11-29(25(30)16-21)38(34,35)28-26(31)19-9-12-36-13-10-19/h3-7,14-15,18-19,21,25,27,30,32-33H,8-13,16H2,1-2H3,(H,28,31)/t18-,21?,25?/m0/s1. The van der Waals surface area contributed by atoms with Crippen LogP contribution >= 0.6 is 0 Å². The number of amides is 1. The van der Waals surface area contributed by atoms with Crippen LogP contribution in [-0.2, 0) is 19.7 Å². The third kappa shape index (κ3) is 6.71. The molecule has 2 aromatic rings. The lowest BCUT2D eigenvalue weighted by Crippen LogP contribution is -2.52. The number of carbonyl (C=O) groups excluding carboxylic acids is 1. The summed E-state index contributed by atoms with van der Waals surface area (Å²) in [6.45, 7) is 4.50. The van der Waals surface area contributed by atoms with E-state index in [2.05, 4.69) is 4.72 Å². The van der Waals surface area contributed by atoms with Crippen molar-refractivity contribution in [2.75, 3.05) is 19.8 Å². The van der Waals surface area contributed by atoms with E-state index >= 15 is 0 Å². The first-order valence-corrected chi connectivity index (χ1v) is 14.3. The predicted molar refractivity (Wildman–Crippen MR) is 140 cm³/mol. The van der Waals surface area contributed by atoms with Gasteiger partial charge in [-0.15, -0.1) is 0 Å². The molecule has 0 spiro atoms. The predicted octanol–water partition coefficient (Wildman–Crippen LogP) is 2.03. The number of hydrogen-bond donors (Lipinski definition) is 4. The number of hydrogen-bond acceptors (Lipinski definition) is 8. The molecular weight excluding hydrogens is 512 g/mol. The summed E-state index contributed by atoms with van der Waals surface area (Å²) in [6.07, 6.45) is -1.92. The number of nitrogens with one attached hydrogen (secondary N) is 1. The molecule has 2 saturated heterocycles. The number of carbonyl (C=O) groups is 1. The van der Waals surface area contributed by atoms with Crippen molar-refractivity contribution in [2.24, 2.45) is 5.92 Å². The first-order valence-electron chi connectivity index (χ1n) is 12.9. The smallest absolute Gasteiger partial charge is 0.306 e. The Morgan fingerprint density at radius 3 is 2.53 bits per heavy atom. The molecule has 0 saturated carbocycles. The van der Waals surface area contributed by atoms with Gasteiger partial charge in [0, 0.05) is 25.7 Å². The van der Waals surface area contributed by atoms with E-state index in [1.165, 1.54) is 0 Å². The lowest BCUT2D eigenvalue weighted by Gasteiger charge is -2.36. The highest BCUT2D eigenvalue weighted by atomic mass is 32.2. The third-order valence-corrected chi connectivity index (χ3v) is 8.77. The molecule has 0 bridgehead atoms. The summed E-state index contributed by atoms with van der Waals surface area (Å²) in [6, 6.07) is 13.4. The monoisotopic (exact) mass is 548 g/mol. The molecule has 4 N–H and O–H groups in total. The lowest BCUT2D eigenvalue weighted by molar-refractivity contribution is -0.126. The number of benzene rings is 2. The summed E-state index contributed by atoms with van der Waals surface area (Å²) in [5, 5.41) is 29.3. The molecule has 2 fully saturated rings. The Labute approximate surface area is 223 Å². The Morgan fingerprint density at radius 1 is 1.13 bits per heavy atom. The second-order valence-corrected chi connectivity index (χ2v) is 11.6. The molecule has 11 heteroatoms. The highest BCUT2D eigenvalue weighted by molar-refractivity contribution is 7.87. The van der Waals surface area contributed by atoms with E-state index in [1.54, 1.807) is 13.0 Å². The average molecular weight is 549 g/mol. The van der Waals surface area contributed by atoms with Crippen molar-refractivity contribution in [1.82, 2.24) is 9.03 Å². The van der Waals surface area contributed by atoms with Crippen molar-refractivity contribution in [3.05, 3.63) is 53.6 Å². The van der Waals surface area contributed by atoms with Crippen LogP contribution in [0.3, 0.4) is 0 Å². The maximum absolute atomic E-state index is 12.8. The zero-order chi connectivity index (χ0) is 27.4. The van der Waals surface area contributed by atoms with Gasteiger partial charge in [0.2, 0.25) is 5.91 Å². The van der Waals surface area contributed by atoms with Crippen LogP contribution in [0.25, 0.3) is 11.1 Å². The molecule has 4 rings (SSSR count). The minimum Gasteiger partial charge on any atom is -0.485 e. The van der Waals surface area contributed by atoms with E-state index < -0.39 is 40.7 Å². The number of piperidine rings is 1. The largest absolute Gasteiger partial charge is 0.485 e. The molecule has 0 radical (unpaired) electrons. The van der Waals surface area contributed by atoms with E-state index in [0.29, 0.717) is 38.2 Å². The number of aliphatic hydroxyl groups excluding tert-OH is 2. The summed E-state index contributed by atoms with van der Waals surface area (Å²) in [4.78, 5) is 12.5. The van der Waals surface area contributed by atoms with Gasteiger partial charge in [-0.25, -0.2) is 4.72 Å². The van der Waals surface area contributed by atoms with Crippen molar-refractivity contribution in [3.63, 3.8) is 0 Å². The molecule has 208 valence electrons. The van der Waals surface area contributed by atoms with Crippen molar-refractivity contribution in [3.8, 4) is 16.9 Å². The van der Waals surface area contributed by atoms with Crippen molar-refractivity contribution in [2.45, 2.75) is 64.1 Å². The van der Waals surface area contributed by atoms with E-state index in [0.717, 1.165) is 26.6 Å². The number of aliphatic hydroxyl groups is 3. The van der Waals surface area contributed by atoms with Gasteiger partial charge in [-0.1, -0.05) is 30.3 Å². The van der Waals surface area contributed by atoms with E-state index in [4.69, 9.17) is 9.47 Å². The Balaban J connectivity index is 1.41. The highest BCUT2D eigenvalue weighted by Crippen LogP contribution is 2.35. The summed E-state index contributed by atoms with van der Waals surface area (Å²) in [5.74, 6) is -0.485. The second-order valence-electron chi connectivity index (χ2n) is 10.0. The molecular formula is C27H36N2O8S. The minimum atomic E-state index is -4.16. The molecule has 2 heterocycles. The highest BCUT2D eigenvalue weighted by Gasteiger charge is 2.37. The number of aryl methyl sites for hydroxylation is 1. The lowest BCUT2D eigenvalue weighted by atomic mass is 9.87. The fourth-order valence-corrected chi connectivity index (χ4v) is 6.30. The molecule has 2 unspecified atom stereocenters. The van der Waals surface area contributed by atoms with Crippen LogP contribution in [0, 0.1) is 12.8 Å². The van der Waals surface area contributed by atoms with Crippen LogP contribution in [0.2, 0.25) is 0 Å². The van der Waals surface area contributed by atoms with Crippen molar-refractivity contribution < 1.29 is 38.0 Å². The molecule has 38 heavy (non-hydrogen) atoms. The van der Waals surface area contributed by atoms with Gasteiger partial charge >= 0.3 is 10.2 Å². The average Bonchev–Trinajstić information content (AvgIpc) is 2.88. The van der Waals surface area contributed by atoms with Gasteiger partial charge in [0.15, 0.2) is 6.29 Å². The SMILES string of the molecule is Cc1cc(C2CCN(S(=O)(=O)NC(=O)C3CCOCC3)C(O)C2)ccc1-c1cccc(O[C@@H](C)C(O)O)c1. The maximum atomic E-state index is 12.8. The van der Waals surface area contributed by atoms with Crippen LogP contribution in [0.4, 0.5) is 0 Å². The Bertz CT molecular complexity index is 1230.